The quantitative estimate of drug-likeness (QED) is 0.481. The van der Waals surface area contributed by atoms with Gasteiger partial charge in [-0.15, -0.1) is 11.3 Å². The van der Waals surface area contributed by atoms with E-state index in [1.165, 1.54) is 10.5 Å². The molecule has 1 aromatic heterocycles. The van der Waals surface area contributed by atoms with Crippen molar-refractivity contribution in [1.29, 1.82) is 0 Å². The number of rotatable bonds is 6. The number of guanidine groups is 1. The highest BCUT2D eigenvalue weighted by molar-refractivity contribution is 7.09. The van der Waals surface area contributed by atoms with E-state index < -0.39 is 0 Å². The average Bonchev–Trinajstić information content (AvgIpc) is 2.99. The fraction of sp³-hybridized carbons (Fsp3) is 0.533. The third-order valence-electron chi connectivity index (χ3n) is 3.11. The summed E-state index contributed by atoms with van der Waals surface area (Å²) in [6, 6.07) is 4.18. The molecule has 5 heteroatoms. The van der Waals surface area contributed by atoms with Crippen molar-refractivity contribution in [3.63, 3.8) is 0 Å². The number of nitrogens with one attached hydrogen (secondary N) is 2. The third-order valence-corrected chi connectivity index (χ3v) is 3.97. The zero-order valence-electron chi connectivity index (χ0n) is 12.0. The second kappa shape index (κ2) is 8.76. The van der Waals surface area contributed by atoms with Gasteiger partial charge in [-0.3, -0.25) is 0 Å². The lowest BCUT2D eigenvalue weighted by Crippen LogP contribution is -2.37. The molecule has 1 aliphatic heterocycles. The Labute approximate surface area is 124 Å². The maximum Gasteiger partial charge on any atom is 0.191 e. The summed E-state index contributed by atoms with van der Waals surface area (Å²) in [6.07, 6.45) is 4.32. The van der Waals surface area contributed by atoms with Crippen molar-refractivity contribution in [1.82, 2.24) is 10.6 Å². The second-order valence-electron chi connectivity index (χ2n) is 4.64. The molecule has 2 N–H and O–H groups in total. The molecule has 0 fully saturated rings. The Bertz CT molecular complexity index is 440. The molecule has 2 rings (SSSR count). The topological polar surface area (TPSA) is 45.7 Å². The lowest BCUT2D eigenvalue weighted by atomic mass is 10.1. The number of ether oxygens (including phenoxy) is 1. The van der Waals surface area contributed by atoms with Gasteiger partial charge in [-0.1, -0.05) is 17.7 Å². The van der Waals surface area contributed by atoms with Gasteiger partial charge in [0.1, 0.15) is 0 Å². The number of thiophene rings is 1. The summed E-state index contributed by atoms with van der Waals surface area (Å²) in [5.41, 5.74) is 1.48. The second-order valence-corrected chi connectivity index (χ2v) is 5.67. The first-order chi connectivity index (χ1) is 9.88. The summed E-state index contributed by atoms with van der Waals surface area (Å²) in [7, 11) is 0. The van der Waals surface area contributed by atoms with Gasteiger partial charge in [0.2, 0.25) is 0 Å². The van der Waals surface area contributed by atoms with Crippen LogP contribution < -0.4 is 10.6 Å². The minimum absolute atomic E-state index is 0.740. The van der Waals surface area contributed by atoms with E-state index in [1.807, 2.05) is 0 Å². The van der Waals surface area contributed by atoms with Crippen LogP contribution in [-0.4, -0.2) is 32.3 Å². The molecule has 0 unspecified atom stereocenters. The van der Waals surface area contributed by atoms with Gasteiger partial charge in [0.15, 0.2) is 5.96 Å². The van der Waals surface area contributed by atoms with Crippen molar-refractivity contribution in [2.75, 3.05) is 26.3 Å². The van der Waals surface area contributed by atoms with E-state index in [9.17, 15) is 0 Å². The number of aliphatic imine (C=N–C) groups is 1. The molecular formula is C15H23N3OS. The minimum Gasteiger partial charge on any atom is -0.377 e. The van der Waals surface area contributed by atoms with E-state index in [0.717, 1.165) is 51.6 Å². The van der Waals surface area contributed by atoms with E-state index in [0.29, 0.717) is 0 Å². The fourth-order valence-corrected chi connectivity index (χ4v) is 2.66. The number of hydrogen-bond donors (Lipinski definition) is 2. The fourth-order valence-electron chi connectivity index (χ4n) is 2.04. The highest BCUT2D eigenvalue weighted by Crippen LogP contribution is 2.11. The molecule has 4 nitrogen and oxygen atoms in total. The summed E-state index contributed by atoms with van der Waals surface area (Å²) >= 11 is 1.74. The first-order valence-corrected chi connectivity index (χ1v) is 8.06. The Kier molecular flexibility index (Phi) is 6.60. The van der Waals surface area contributed by atoms with Gasteiger partial charge in [0.05, 0.1) is 19.8 Å². The zero-order chi connectivity index (χ0) is 14.0. The standard InChI is InChI=1S/C15H23N3OS/c1-2-16-15(18-12-14-4-3-11-20-14)17-8-5-13-6-9-19-10-7-13/h3-4,6,11H,2,5,7-10,12H2,1H3,(H2,16,17,18). The molecule has 0 bridgehead atoms. The monoisotopic (exact) mass is 293 g/mol. The zero-order valence-corrected chi connectivity index (χ0v) is 12.8. The summed E-state index contributed by atoms with van der Waals surface area (Å²) in [6.45, 7) is 6.25. The average molecular weight is 293 g/mol. The lowest BCUT2D eigenvalue weighted by molar-refractivity contribution is 0.153. The molecular weight excluding hydrogens is 270 g/mol. The molecule has 0 saturated heterocycles. The van der Waals surface area contributed by atoms with Crippen LogP contribution in [-0.2, 0) is 11.3 Å². The lowest BCUT2D eigenvalue weighted by Gasteiger charge is -2.15. The van der Waals surface area contributed by atoms with Gasteiger partial charge >= 0.3 is 0 Å². The highest BCUT2D eigenvalue weighted by Gasteiger charge is 2.04. The van der Waals surface area contributed by atoms with Crippen molar-refractivity contribution in [3.8, 4) is 0 Å². The molecule has 0 spiro atoms. The molecule has 110 valence electrons. The van der Waals surface area contributed by atoms with Gasteiger partial charge in [-0.2, -0.15) is 0 Å². The summed E-state index contributed by atoms with van der Waals surface area (Å²) in [4.78, 5) is 5.89. The van der Waals surface area contributed by atoms with Gasteiger partial charge in [0, 0.05) is 18.0 Å². The molecule has 0 aromatic carbocycles. The molecule has 0 amide bonds. The molecule has 0 aliphatic carbocycles. The van der Waals surface area contributed by atoms with Gasteiger partial charge < -0.3 is 15.4 Å². The van der Waals surface area contributed by atoms with Crippen molar-refractivity contribution in [2.24, 2.45) is 4.99 Å². The van der Waals surface area contributed by atoms with Crippen LogP contribution in [0.2, 0.25) is 0 Å². The van der Waals surface area contributed by atoms with Crippen molar-refractivity contribution >= 4 is 17.3 Å². The summed E-state index contributed by atoms with van der Waals surface area (Å²) in [5, 5.41) is 8.76. The maximum absolute atomic E-state index is 5.31. The SMILES string of the molecule is CCNC(=NCc1cccs1)NCCC1=CCOCC1. The van der Waals surface area contributed by atoms with Gasteiger partial charge in [-0.05, 0) is 31.2 Å². The molecule has 0 radical (unpaired) electrons. The summed E-state index contributed by atoms with van der Waals surface area (Å²) < 4.78 is 5.31. The Morgan fingerprint density at radius 2 is 2.40 bits per heavy atom. The van der Waals surface area contributed by atoms with Gasteiger partial charge in [0.25, 0.3) is 0 Å². The maximum atomic E-state index is 5.31. The Hall–Kier alpha value is -1.33. The molecule has 20 heavy (non-hydrogen) atoms. The van der Waals surface area contributed by atoms with E-state index in [1.54, 1.807) is 11.3 Å². The first kappa shape index (κ1) is 15.1. The van der Waals surface area contributed by atoms with Crippen LogP contribution in [0.3, 0.4) is 0 Å². The Morgan fingerprint density at radius 1 is 1.45 bits per heavy atom. The summed E-state index contributed by atoms with van der Waals surface area (Å²) in [5.74, 6) is 0.897. The third kappa shape index (κ3) is 5.35. The van der Waals surface area contributed by atoms with E-state index in [2.05, 4.69) is 46.1 Å². The van der Waals surface area contributed by atoms with Crippen molar-refractivity contribution < 1.29 is 4.74 Å². The largest absolute Gasteiger partial charge is 0.377 e. The van der Waals surface area contributed by atoms with Crippen LogP contribution in [0.1, 0.15) is 24.6 Å². The Balaban J connectivity index is 1.76. The van der Waals surface area contributed by atoms with Crippen LogP contribution >= 0.6 is 11.3 Å². The highest BCUT2D eigenvalue weighted by atomic mass is 32.1. The first-order valence-electron chi connectivity index (χ1n) is 7.18. The van der Waals surface area contributed by atoms with Crippen LogP contribution in [0, 0.1) is 0 Å². The predicted molar refractivity (Wildman–Crippen MR) is 85.3 cm³/mol. The van der Waals surface area contributed by atoms with Crippen LogP contribution in [0.15, 0.2) is 34.2 Å². The predicted octanol–water partition coefficient (Wildman–Crippen LogP) is 2.54. The molecule has 0 saturated carbocycles. The minimum atomic E-state index is 0.740. The van der Waals surface area contributed by atoms with Gasteiger partial charge in [-0.25, -0.2) is 4.99 Å². The normalized spacial score (nSPS) is 15.8. The van der Waals surface area contributed by atoms with Crippen LogP contribution in [0.25, 0.3) is 0 Å². The molecule has 0 atom stereocenters. The number of hydrogen-bond acceptors (Lipinski definition) is 3. The van der Waals surface area contributed by atoms with E-state index in [-0.39, 0.29) is 0 Å². The van der Waals surface area contributed by atoms with Crippen LogP contribution in [0.5, 0.6) is 0 Å². The van der Waals surface area contributed by atoms with Crippen molar-refractivity contribution in [2.45, 2.75) is 26.3 Å². The number of nitrogens with zero attached hydrogens (tertiary/aromatic N) is 1. The molecule has 1 aliphatic rings. The smallest absolute Gasteiger partial charge is 0.191 e. The van der Waals surface area contributed by atoms with E-state index >= 15 is 0 Å². The molecule has 1 aromatic rings. The Morgan fingerprint density at radius 3 is 3.10 bits per heavy atom. The van der Waals surface area contributed by atoms with Crippen LogP contribution in [0.4, 0.5) is 0 Å². The van der Waals surface area contributed by atoms with Crippen molar-refractivity contribution in [3.05, 3.63) is 34.0 Å². The van der Waals surface area contributed by atoms with E-state index in [4.69, 9.17) is 4.74 Å². The molecule has 2 heterocycles.